The third-order valence-electron chi connectivity index (χ3n) is 9.83. The van der Waals surface area contributed by atoms with E-state index in [1.165, 1.54) is 28.6 Å². The molecule has 0 spiro atoms. The number of anilines is 1. The standard InChI is InChI=1S/C33H40N6O3/c40-30-20-38(15-11-28(30)36-13-9-23-5-1-3-7-25(23)18-36)32-17-27(34-22-35-32)33(42)39-16-12-29(31(41)21-39)37-14-10-24-6-2-4-8-26(24)19-37/h1-8,17,22,28-31,40-41H,9-16,18-21H2/t28-,29-,30-,31-/m0/s1. The minimum atomic E-state index is -0.606. The first-order valence-electron chi connectivity index (χ1n) is 15.4. The number of β-amino-alcohol motifs (C(OH)–C–C–N with tert-alkyl or cyclic N) is 2. The maximum Gasteiger partial charge on any atom is 0.272 e. The predicted molar refractivity (Wildman–Crippen MR) is 160 cm³/mol. The lowest BCUT2D eigenvalue weighted by molar-refractivity contribution is -0.0139. The number of aromatic nitrogens is 2. The van der Waals surface area contributed by atoms with Gasteiger partial charge in [-0.1, -0.05) is 48.5 Å². The third-order valence-corrected chi connectivity index (χ3v) is 9.83. The molecule has 4 aliphatic heterocycles. The molecule has 5 heterocycles. The first-order chi connectivity index (χ1) is 20.5. The summed E-state index contributed by atoms with van der Waals surface area (Å²) in [6, 6.07) is 19.0. The molecule has 9 nitrogen and oxygen atoms in total. The van der Waals surface area contributed by atoms with E-state index >= 15 is 0 Å². The lowest BCUT2D eigenvalue weighted by Crippen LogP contribution is -2.56. The van der Waals surface area contributed by atoms with E-state index in [0.29, 0.717) is 31.1 Å². The topological polar surface area (TPSA) is 96.3 Å². The maximum absolute atomic E-state index is 13.5. The Hall–Kier alpha value is -3.37. The van der Waals surface area contributed by atoms with E-state index in [4.69, 9.17) is 0 Å². The van der Waals surface area contributed by atoms with Crippen molar-refractivity contribution in [3.05, 3.63) is 88.9 Å². The molecule has 4 atom stereocenters. The second kappa shape index (κ2) is 11.7. The van der Waals surface area contributed by atoms with E-state index in [-0.39, 0.29) is 18.0 Å². The summed E-state index contributed by atoms with van der Waals surface area (Å²) in [4.78, 5) is 30.8. The van der Waals surface area contributed by atoms with Crippen molar-refractivity contribution >= 4 is 11.7 Å². The fourth-order valence-electron chi connectivity index (χ4n) is 7.48. The average molecular weight is 569 g/mol. The number of carbonyl (C=O) groups excluding carboxylic acids is 1. The SMILES string of the molecule is O=C(c1cc(N2CC[C@H](N3CCc4ccccc4C3)[C@@H](O)C2)ncn1)N1CC[C@H](N2CCc3ccccc3C2)[C@@H](O)C1. The van der Waals surface area contributed by atoms with Crippen LogP contribution in [0.1, 0.15) is 45.6 Å². The highest BCUT2D eigenvalue weighted by Gasteiger charge is 2.37. The van der Waals surface area contributed by atoms with Crippen molar-refractivity contribution in [3.8, 4) is 0 Å². The van der Waals surface area contributed by atoms with Gasteiger partial charge in [0, 0.05) is 70.5 Å². The summed E-state index contributed by atoms with van der Waals surface area (Å²) in [5.41, 5.74) is 5.82. The Kier molecular flexibility index (Phi) is 7.66. The molecule has 1 aromatic heterocycles. The molecule has 0 bridgehead atoms. The molecule has 2 saturated heterocycles. The molecule has 3 aromatic rings. The molecule has 42 heavy (non-hydrogen) atoms. The van der Waals surface area contributed by atoms with E-state index in [1.807, 2.05) is 0 Å². The summed E-state index contributed by atoms with van der Waals surface area (Å²) < 4.78 is 0. The number of rotatable bonds is 4. The van der Waals surface area contributed by atoms with Gasteiger partial charge in [-0.3, -0.25) is 14.6 Å². The molecule has 0 saturated carbocycles. The van der Waals surface area contributed by atoms with Gasteiger partial charge < -0.3 is 20.0 Å². The summed E-state index contributed by atoms with van der Waals surface area (Å²) in [6.07, 6.45) is 3.89. The van der Waals surface area contributed by atoms with Gasteiger partial charge in [-0.25, -0.2) is 9.97 Å². The van der Waals surface area contributed by atoms with E-state index in [0.717, 1.165) is 58.4 Å². The number of hydrogen-bond acceptors (Lipinski definition) is 8. The molecule has 0 unspecified atom stereocenters. The maximum atomic E-state index is 13.5. The fraction of sp³-hybridized carbons (Fsp3) is 0.485. The van der Waals surface area contributed by atoms with Crippen LogP contribution in [0.2, 0.25) is 0 Å². The first kappa shape index (κ1) is 27.5. The van der Waals surface area contributed by atoms with Gasteiger partial charge in [0.25, 0.3) is 5.91 Å². The molecule has 220 valence electrons. The second-order valence-electron chi connectivity index (χ2n) is 12.3. The number of aliphatic hydroxyl groups excluding tert-OH is 2. The van der Waals surface area contributed by atoms with E-state index in [1.54, 1.807) is 11.0 Å². The zero-order valence-electron chi connectivity index (χ0n) is 24.1. The number of fused-ring (bicyclic) bond motifs is 2. The lowest BCUT2D eigenvalue weighted by atomic mass is 9.94. The number of nitrogens with zero attached hydrogens (tertiary/aromatic N) is 6. The monoisotopic (exact) mass is 568 g/mol. The molecule has 1 amide bonds. The minimum absolute atomic E-state index is 0.0412. The van der Waals surface area contributed by atoms with Gasteiger partial charge in [-0.2, -0.15) is 0 Å². The van der Waals surface area contributed by atoms with Crippen molar-refractivity contribution in [2.45, 2.75) is 63.1 Å². The summed E-state index contributed by atoms with van der Waals surface area (Å²) in [5.74, 6) is 0.486. The van der Waals surface area contributed by atoms with Gasteiger partial charge >= 0.3 is 0 Å². The number of amides is 1. The lowest BCUT2D eigenvalue weighted by Gasteiger charge is -2.44. The summed E-state index contributed by atoms with van der Waals surface area (Å²) in [7, 11) is 0. The number of hydrogen-bond donors (Lipinski definition) is 2. The Labute approximate surface area is 247 Å². The Morgan fingerprint density at radius 2 is 1.29 bits per heavy atom. The van der Waals surface area contributed by atoms with Crippen LogP contribution in [0.3, 0.4) is 0 Å². The van der Waals surface area contributed by atoms with Crippen LogP contribution < -0.4 is 4.90 Å². The highest BCUT2D eigenvalue weighted by Crippen LogP contribution is 2.28. The number of carbonyl (C=O) groups is 1. The summed E-state index contributed by atoms with van der Waals surface area (Å²) >= 11 is 0. The molecule has 4 aliphatic rings. The van der Waals surface area contributed by atoms with Gasteiger partial charge in [-0.05, 0) is 47.9 Å². The second-order valence-corrected chi connectivity index (χ2v) is 12.3. The van der Waals surface area contributed by atoms with Crippen LogP contribution in [0.5, 0.6) is 0 Å². The average Bonchev–Trinajstić information content (AvgIpc) is 3.04. The third kappa shape index (κ3) is 5.42. The highest BCUT2D eigenvalue weighted by atomic mass is 16.3. The zero-order chi connectivity index (χ0) is 28.6. The summed E-state index contributed by atoms with van der Waals surface area (Å²) in [6.45, 7) is 5.70. The number of aliphatic hydroxyl groups is 2. The van der Waals surface area contributed by atoms with Crippen molar-refractivity contribution < 1.29 is 15.0 Å². The molecule has 2 fully saturated rings. The quantitative estimate of drug-likeness (QED) is 0.494. The summed E-state index contributed by atoms with van der Waals surface area (Å²) in [5, 5.41) is 22.3. The number of benzene rings is 2. The molecule has 2 N–H and O–H groups in total. The van der Waals surface area contributed by atoms with Crippen LogP contribution in [0.15, 0.2) is 60.9 Å². The Morgan fingerprint density at radius 3 is 1.88 bits per heavy atom. The molecule has 9 heteroatoms. The van der Waals surface area contributed by atoms with Crippen molar-refractivity contribution in [1.82, 2.24) is 24.7 Å². The Morgan fingerprint density at radius 1 is 0.714 bits per heavy atom. The highest BCUT2D eigenvalue weighted by molar-refractivity contribution is 5.93. The van der Waals surface area contributed by atoms with Crippen LogP contribution in [0.25, 0.3) is 0 Å². The van der Waals surface area contributed by atoms with E-state index < -0.39 is 12.2 Å². The number of likely N-dealkylation sites (tertiary alicyclic amines) is 1. The van der Waals surface area contributed by atoms with Crippen molar-refractivity contribution in [2.24, 2.45) is 0 Å². The van der Waals surface area contributed by atoms with Gasteiger partial charge in [0.05, 0.1) is 12.2 Å². The molecular formula is C33H40N6O3. The van der Waals surface area contributed by atoms with E-state index in [9.17, 15) is 15.0 Å². The smallest absolute Gasteiger partial charge is 0.272 e. The van der Waals surface area contributed by atoms with Gasteiger partial charge in [-0.15, -0.1) is 0 Å². The molecule has 0 radical (unpaired) electrons. The Balaban J connectivity index is 0.962. The molecule has 7 rings (SSSR count). The minimum Gasteiger partial charge on any atom is -0.390 e. The largest absolute Gasteiger partial charge is 0.390 e. The van der Waals surface area contributed by atoms with Crippen molar-refractivity contribution in [2.75, 3.05) is 44.2 Å². The van der Waals surface area contributed by atoms with Crippen LogP contribution in [-0.4, -0.2) is 104 Å². The van der Waals surface area contributed by atoms with Crippen LogP contribution >= 0.6 is 0 Å². The van der Waals surface area contributed by atoms with E-state index in [2.05, 4.69) is 73.2 Å². The van der Waals surface area contributed by atoms with Crippen LogP contribution in [0, 0.1) is 0 Å². The van der Waals surface area contributed by atoms with Crippen molar-refractivity contribution in [3.63, 3.8) is 0 Å². The van der Waals surface area contributed by atoms with Gasteiger partial charge in [0.15, 0.2) is 0 Å². The van der Waals surface area contributed by atoms with Gasteiger partial charge in [0.2, 0.25) is 0 Å². The number of piperidine rings is 2. The van der Waals surface area contributed by atoms with Crippen LogP contribution in [0.4, 0.5) is 5.82 Å². The van der Waals surface area contributed by atoms with Gasteiger partial charge in [0.1, 0.15) is 17.8 Å². The molecular weight excluding hydrogens is 528 g/mol. The zero-order valence-corrected chi connectivity index (χ0v) is 24.1. The van der Waals surface area contributed by atoms with Crippen molar-refractivity contribution in [1.29, 1.82) is 0 Å². The molecule has 0 aliphatic carbocycles. The normalized spacial score (nSPS) is 26.9. The predicted octanol–water partition coefficient (Wildman–Crippen LogP) is 2.11. The fourth-order valence-corrected chi connectivity index (χ4v) is 7.48. The van der Waals surface area contributed by atoms with Crippen LogP contribution in [-0.2, 0) is 25.9 Å². The first-order valence-corrected chi connectivity index (χ1v) is 15.4. The molecule has 2 aromatic carbocycles. The Bertz CT molecular complexity index is 1430.